The summed E-state index contributed by atoms with van der Waals surface area (Å²) in [6.07, 6.45) is 7.23. The van der Waals surface area contributed by atoms with Crippen molar-refractivity contribution in [2.45, 2.75) is 103 Å². The van der Waals surface area contributed by atoms with Crippen LogP contribution in [0.3, 0.4) is 0 Å². The third kappa shape index (κ3) is 8.21. The Morgan fingerprint density at radius 3 is 2.27 bits per heavy atom. The molecule has 0 fully saturated rings. The average Bonchev–Trinajstić information content (AvgIpc) is 3.69. The van der Waals surface area contributed by atoms with Crippen LogP contribution in [0, 0.1) is 0 Å². The number of hydrogen-bond donors (Lipinski definition) is 7. The van der Waals surface area contributed by atoms with Crippen molar-refractivity contribution in [1.29, 1.82) is 0 Å². The number of carbonyl (C=O) groups excluding carboxylic acids is 2. The number of rotatable bonds is 13. The van der Waals surface area contributed by atoms with Gasteiger partial charge in [0, 0.05) is 58.6 Å². The number of fused-ring (bicyclic) bond motifs is 9. The van der Waals surface area contributed by atoms with Gasteiger partial charge in [-0.25, -0.2) is 9.59 Å². The number of aromatic hydroxyl groups is 3. The zero-order chi connectivity index (χ0) is 45.7. The molecule has 14 nitrogen and oxygen atoms in total. The van der Waals surface area contributed by atoms with Gasteiger partial charge in [0.05, 0.1) is 23.8 Å². The molecule has 0 saturated heterocycles. The molecule has 0 radical (unpaired) electrons. The van der Waals surface area contributed by atoms with Gasteiger partial charge in [-0.05, 0) is 121 Å². The zero-order valence-corrected chi connectivity index (χ0v) is 36.8. The Bertz CT molecular complexity index is 2600. The number of amides is 1. The quantitative estimate of drug-likeness (QED) is 0.0385. The van der Waals surface area contributed by atoms with Crippen LogP contribution in [-0.4, -0.2) is 77.7 Å². The van der Waals surface area contributed by atoms with Crippen LogP contribution in [0.15, 0.2) is 84.0 Å². The topological polar surface area (TPSA) is 207 Å². The van der Waals surface area contributed by atoms with E-state index in [1.165, 1.54) is 41.5 Å². The minimum atomic E-state index is -1.45. The van der Waals surface area contributed by atoms with E-state index in [1.807, 2.05) is 6.92 Å². The summed E-state index contributed by atoms with van der Waals surface area (Å²) in [4.78, 5) is 41.3. The standard InChI is InChI=1S/C49H51N3O11S/c1-26(2)8-5-9-27(3)10-6-18-48(4)42(56)24-33-39(55)23-31-34(43(33)62-48)25-52(44(31)57)19-7-11-38(45(58)59)51-47(64)50-28-12-15-35-32(20-28)46(60)63-49(35)36-16-13-29(53)21-40(36)61-41-22-30(54)14-17-37(41)49/h8,10,12-17,20-23,38,42,53-56H,5-7,9,11,18-19,24-25H2,1-4H3,(H,58,59)(H2,50,51,64)/b27-10+/t38-,42-,48-/m0/s1. The molecule has 0 unspecified atom stereocenters. The van der Waals surface area contributed by atoms with E-state index in [-0.39, 0.29) is 71.3 Å². The molecule has 7 N–H and O–H groups in total. The zero-order valence-electron chi connectivity index (χ0n) is 36.0. The minimum absolute atomic E-state index is 0.00957. The molecule has 4 aromatic rings. The summed E-state index contributed by atoms with van der Waals surface area (Å²) in [5.41, 5.74) is 3.60. The third-order valence-electron chi connectivity index (χ3n) is 12.5. The Hall–Kier alpha value is -6.58. The number of aliphatic hydroxyl groups is 1. The van der Waals surface area contributed by atoms with Gasteiger partial charge in [-0.1, -0.05) is 29.4 Å². The van der Waals surface area contributed by atoms with Crippen molar-refractivity contribution >= 4 is 40.9 Å². The Morgan fingerprint density at radius 1 is 0.906 bits per heavy atom. The van der Waals surface area contributed by atoms with Crippen molar-refractivity contribution in [3.63, 3.8) is 0 Å². The van der Waals surface area contributed by atoms with Gasteiger partial charge in [-0.3, -0.25) is 4.79 Å². The van der Waals surface area contributed by atoms with Gasteiger partial charge >= 0.3 is 11.9 Å². The largest absolute Gasteiger partial charge is 0.508 e. The highest BCUT2D eigenvalue weighted by molar-refractivity contribution is 7.80. The Balaban J connectivity index is 0.907. The maximum absolute atomic E-state index is 13.7. The molecule has 0 aliphatic carbocycles. The van der Waals surface area contributed by atoms with E-state index in [9.17, 15) is 39.9 Å². The fourth-order valence-electron chi connectivity index (χ4n) is 9.09. The van der Waals surface area contributed by atoms with Crippen molar-refractivity contribution in [3.8, 4) is 34.5 Å². The molecule has 334 valence electrons. The number of phenols is 3. The highest BCUT2D eigenvalue weighted by Crippen LogP contribution is 2.57. The molecule has 4 aliphatic heterocycles. The number of nitrogens with zero attached hydrogens (tertiary/aromatic N) is 1. The first-order chi connectivity index (χ1) is 30.5. The second kappa shape index (κ2) is 17.2. The Morgan fingerprint density at radius 2 is 1.59 bits per heavy atom. The van der Waals surface area contributed by atoms with E-state index in [2.05, 4.69) is 43.6 Å². The lowest BCUT2D eigenvalue weighted by Gasteiger charge is -2.40. The number of benzene rings is 4. The number of aliphatic carboxylic acids is 1. The van der Waals surface area contributed by atoms with Crippen molar-refractivity contribution < 1.29 is 54.1 Å². The van der Waals surface area contributed by atoms with Crippen LogP contribution in [0.2, 0.25) is 0 Å². The maximum Gasteiger partial charge on any atom is 0.340 e. The molecular weight excluding hydrogens is 839 g/mol. The minimum Gasteiger partial charge on any atom is -0.508 e. The maximum atomic E-state index is 13.7. The molecule has 3 atom stereocenters. The van der Waals surface area contributed by atoms with Crippen LogP contribution < -0.4 is 20.1 Å². The van der Waals surface area contributed by atoms with Gasteiger partial charge in [-0.2, -0.15) is 0 Å². The van der Waals surface area contributed by atoms with E-state index in [0.29, 0.717) is 64.1 Å². The van der Waals surface area contributed by atoms with Gasteiger partial charge in [0.1, 0.15) is 46.1 Å². The lowest BCUT2D eigenvalue weighted by Crippen LogP contribution is -2.49. The summed E-state index contributed by atoms with van der Waals surface area (Å²) < 4.78 is 18.7. The van der Waals surface area contributed by atoms with E-state index in [0.717, 1.165) is 12.8 Å². The summed E-state index contributed by atoms with van der Waals surface area (Å²) >= 11 is 5.53. The van der Waals surface area contributed by atoms with Crippen molar-refractivity contribution in [1.82, 2.24) is 10.2 Å². The highest BCUT2D eigenvalue weighted by atomic mass is 32.1. The number of ether oxygens (including phenoxy) is 3. The number of phenolic OH excluding ortho intramolecular Hbond substituents is 3. The Labute approximate surface area is 375 Å². The molecule has 15 heteroatoms. The van der Waals surface area contributed by atoms with Gasteiger partial charge in [0.25, 0.3) is 5.91 Å². The van der Waals surface area contributed by atoms with Crippen molar-refractivity contribution in [2.75, 3.05) is 11.9 Å². The summed E-state index contributed by atoms with van der Waals surface area (Å²) in [6, 6.07) is 14.2. The molecule has 1 amide bonds. The first kappa shape index (κ1) is 44.0. The predicted octanol–water partition coefficient (Wildman–Crippen LogP) is 8.07. The number of esters is 1. The SMILES string of the molecule is CC(C)=CCC/C(C)=C/CC[C@]1(C)Oc2c(c(O)cc3c2CN(CCC[C@H](NC(=S)Nc2ccc4c(c2)C(=O)OC42c4ccc(O)cc4Oc4cc(O)ccc42)C(=O)O)C3=O)C[C@@H]1O. The first-order valence-corrected chi connectivity index (χ1v) is 21.7. The van der Waals surface area contributed by atoms with Crippen LogP contribution in [0.5, 0.6) is 34.5 Å². The molecule has 0 saturated carbocycles. The first-order valence-electron chi connectivity index (χ1n) is 21.3. The van der Waals surface area contributed by atoms with E-state index in [4.69, 9.17) is 26.4 Å². The molecule has 4 aromatic carbocycles. The monoisotopic (exact) mass is 889 g/mol. The second-order valence-corrected chi connectivity index (χ2v) is 17.8. The predicted molar refractivity (Wildman–Crippen MR) is 241 cm³/mol. The number of carboxylic acid groups (broad SMARTS) is 1. The molecule has 64 heavy (non-hydrogen) atoms. The summed E-state index contributed by atoms with van der Waals surface area (Å²) in [7, 11) is 0. The van der Waals surface area contributed by atoms with Gasteiger partial charge in [0.15, 0.2) is 10.7 Å². The number of nitrogens with one attached hydrogen (secondary N) is 2. The van der Waals surface area contributed by atoms with E-state index < -0.39 is 35.3 Å². The fourth-order valence-corrected chi connectivity index (χ4v) is 9.35. The molecule has 4 heterocycles. The molecule has 8 rings (SSSR count). The number of carboxylic acids is 1. The number of hydrogen-bond acceptors (Lipinski definition) is 11. The van der Waals surface area contributed by atoms with Crippen LogP contribution >= 0.6 is 12.2 Å². The highest BCUT2D eigenvalue weighted by Gasteiger charge is 2.54. The molecule has 0 aromatic heterocycles. The van der Waals surface area contributed by atoms with Crippen molar-refractivity contribution in [2.24, 2.45) is 0 Å². The van der Waals surface area contributed by atoms with Crippen LogP contribution in [0.25, 0.3) is 0 Å². The summed E-state index contributed by atoms with van der Waals surface area (Å²) in [5.74, 6) is -1.43. The lowest BCUT2D eigenvalue weighted by atomic mass is 9.77. The van der Waals surface area contributed by atoms with E-state index >= 15 is 0 Å². The normalized spacial score (nSPS) is 19.2. The van der Waals surface area contributed by atoms with Gasteiger partial charge in [0.2, 0.25) is 0 Å². The lowest BCUT2D eigenvalue weighted by molar-refractivity contribution is -0.139. The third-order valence-corrected chi connectivity index (χ3v) is 12.8. The molecule has 4 aliphatic rings. The molecule has 1 spiro atoms. The van der Waals surface area contributed by atoms with Crippen LogP contribution in [0.1, 0.15) is 115 Å². The summed E-state index contributed by atoms with van der Waals surface area (Å²) in [5, 5.41) is 58.6. The number of allylic oxidation sites excluding steroid dienone is 4. The van der Waals surface area contributed by atoms with Crippen molar-refractivity contribution in [3.05, 3.63) is 123 Å². The number of carbonyl (C=O) groups is 3. The van der Waals surface area contributed by atoms with Gasteiger partial charge < -0.3 is 55.3 Å². The second-order valence-electron chi connectivity index (χ2n) is 17.4. The van der Waals surface area contributed by atoms with Crippen LogP contribution in [0.4, 0.5) is 5.69 Å². The fraction of sp³-hybridized carbons (Fsp3) is 0.347. The van der Waals surface area contributed by atoms with E-state index in [1.54, 1.807) is 35.2 Å². The van der Waals surface area contributed by atoms with Crippen LogP contribution in [-0.2, 0) is 28.1 Å². The summed E-state index contributed by atoms with van der Waals surface area (Å²) in [6.45, 7) is 8.54. The Kier molecular flexibility index (Phi) is 11.8. The number of anilines is 1. The number of aliphatic hydroxyl groups excluding tert-OH is 1. The average molecular weight is 890 g/mol. The smallest absolute Gasteiger partial charge is 0.340 e. The molecular formula is C49H51N3O11S. The molecule has 0 bridgehead atoms. The number of thiocarbonyl (C=S) groups is 1. The van der Waals surface area contributed by atoms with Gasteiger partial charge in [-0.15, -0.1) is 0 Å².